The van der Waals surface area contributed by atoms with Gasteiger partial charge in [0.1, 0.15) is 23.5 Å². The van der Waals surface area contributed by atoms with E-state index in [0.29, 0.717) is 15.5 Å². The van der Waals surface area contributed by atoms with Crippen LogP contribution < -0.4 is 10.6 Å². The van der Waals surface area contributed by atoms with Crippen molar-refractivity contribution < 1.29 is 27.9 Å². The molecule has 0 radical (unpaired) electrons. The van der Waals surface area contributed by atoms with Crippen LogP contribution in [0.4, 0.5) is 14.5 Å². The third-order valence-corrected chi connectivity index (χ3v) is 4.71. The summed E-state index contributed by atoms with van der Waals surface area (Å²) in [4.78, 5) is 25.0. The highest BCUT2D eigenvalue weighted by Crippen LogP contribution is 2.28. The lowest BCUT2D eigenvalue weighted by Gasteiger charge is -2.07. The Morgan fingerprint density at radius 2 is 1.96 bits per heavy atom. The van der Waals surface area contributed by atoms with Gasteiger partial charge in [-0.1, -0.05) is 0 Å². The van der Waals surface area contributed by atoms with Crippen molar-refractivity contribution in [2.24, 2.45) is 0 Å². The van der Waals surface area contributed by atoms with E-state index in [4.69, 9.17) is 4.42 Å². The molecule has 0 aliphatic rings. The maximum Gasteiger partial charge on any atom is 0.313 e. The Hall–Kier alpha value is -3.04. The van der Waals surface area contributed by atoms with Crippen molar-refractivity contribution in [2.75, 3.05) is 5.32 Å². The van der Waals surface area contributed by atoms with Crippen molar-refractivity contribution in [3.8, 4) is 0 Å². The summed E-state index contributed by atoms with van der Waals surface area (Å²) in [7, 11) is 0. The Bertz CT molecular complexity index is 956. The first-order valence-electron chi connectivity index (χ1n) is 7.78. The quantitative estimate of drug-likeness (QED) is 0.582. The summed E-state index contributed by atoms with van der Waals surface area (Å²) in [6, 6.07) is 9.20. The van der Waals surface area contributed by atoms with E-state index in [1.165, 1.54) is 17.6 Å². The molecule has 27 heavy (non-hydrogen) atoms. The van der Waals surface area contributed by atoms with Gasteiger partial charge in [0, 0.05) is 15.8 Å². The zero-order valence-electron chi connectivity index (χ0n) is 13.7. The van der Waals surface area contributed by atoms with E-state index in [1.807, 2.05) is 5.32 Å². The highest BCUT2D eigenvalue weighted by molar-refractivity contribution is 7.12. The number of amides is 2. The van der Waals surface area contributed by atoms with Gasteiger partial charge in [0.15, 0.2) is 0 Å². The minimum atomic E-state index is -1.12. The zero-order valence-corrected chi connectivity index (χ0v) is 14.6. The molecular weight excluding hydrogens is 378 g/mol. The van der Waals surface area contributed by atoms with E-state index in [9.17, 15) is 23.5 Å². The van der Waals surface area contributed by atoms with Crippen LogP contribution in [0.1, 0.15) is 21.6 Å². The zero-order chi connectivity index (χ0) is 19.4. The first-order valence-corrected chi connectivity index (χ1v) is 8.60. The Kier molecular flexibility index (Phi) is 5.63. The summed E-state index contributed by atoms with van der Waals surface area (Å²) in [5.74, 6) is -3.32. The number of rotatable bonds is 5. The van der Waals surface area contributed by atoms with E-state index in [-0.39, 0.29) is 6.54 Å². The molecule has 0 saturated heterocycles. The van der Waals surface area contributed by atoms with Crippen LogP contribution in [-0.2, 0) is 16.1 Å². The summed E-state index contributed by atoms with van der Waals surface area (Å²) in [6.45, 7) is 0.0351. The van der Waals surface area contributed by atoms with Crippen LogP contribution in [0.3, 0.4) is 0 Å². The lowest BCUT2D eigenvalue weighted by Crippen LogP contribution is -2.35. The number of carbonyl (C=O) groups excluding carboxylic acids is 2. The third-order valence-electron chi connectivity index (χ3n) is 3.57. The first kappa shape index (κ1) is 18.7. The molecule has 0 aliphatic carbocycles. The van der Waals surface area contributed by atoms with Crippen LogP contribution in [0.5, 0.6) is 0 Å². The topological polar surface area (TPSA) is 91.6 Å². The fraction of sp³-hybridized carbons (Fsp3) is 0.111. The molecule has 2 amide bonds. The van der Waals surface area contributed by atoms with Crippen molar-refractivity contribution in [2.45, 2.75) is 12.6 Å². The lowest BCUT2D eigenvalue weighted by molar-refractivity contribution is -0.136. The summed E-state index contributed by atoms with van der Waals surface area (Å²) in [5, 5.41) is 14.6. The number of thiophene rings is 1. The van der Waals surface area contributed by atoms with Gasteiger partial charge in [0.2, 0.25) is 0 Å². The normalized spacial score (nSPS) is 11.8. The number of furan rings is 1. The highest BCUT2D eigenvalue weighted by Gasteiger charge is 2.18. The molecule has 3 aromatic rings. The van der Waals surface area contributed by atoms with Gasteiger partial charge in [0.05, 0.1) is 18.5 Å². The number of anilines is 1. The minimum Gasteiger partial charge on any atom is -0.466 e. The maximum absolute atomic E-state index is 13.5. The van der Waals surface area contributed by atoms with Crippen molar-refractivity contribution >= 4 is 28.8 Å². The van der Waals surface area contributed by atoms with Crippen LogP contribution >= 0.6 is 11.3 Å². The SMILES string of the molecule is O=C(NCc1ccc(C(O)c2ccco2)s1)C(=O)Nc1cc(F)ccc1F. The summed E-state index contributed by atoms with van der Waals surface area (Å²) in [6.07, 6.45) is 0.529. The number of carbonyl (C=O) groups is 2. The van der Waals surface area contributed by atoms with E-state index < -0.39 is 35.2 Å². The smallest absolute Gasteiger partial charge is 0.313 e. The summed E-state index contributed by atoms with van der Waals surface area (Å²) < 4.78 is 31.7. The maximum atomic E-state index is 13.5. The molecule has 6 nitrogen and oxygen atoms in total. The predicted octanol–water partition coefficient (Wildman–Crippen LogP) is 2.96. The van der Waals surface area contributed by atoms with E-state index in [2.05, 4.69) is 5.32 Å². The average Bonchev–Trinajstić information content (AvgIpc) is 3.34. The van der Waals surface area contributed by atoms with Gasteiger partial charge in [-0.2, -0.15) is 0 Å². The Morgan fingerprint density at radius 1 is 1.15 bits per heavy atom. The van der Waals surface area contributed by atoms with Gasteiger partial charge >= 0.3 is 11.8 Å². The number of benzene rings is 1. The molecule has 140 valence electrons. The lowest BCUT2D eigenvalue weighted by atomic mass is 10.2. The number of hydrogen-bond donors (Lipinski definition) is 3. The second-order valence-corrected chi connectivity index (χ2v) is 6.68. The largest absolute Gasteiger partial charge is 0.466 e. The summed E-state index contributed by atoms with van der Waals surface area (Å²) in [5.41, 5.74) is -0.421. The molecule has 0 spiro atoms. The average molecular weight is 392 g/mol. The molecule has 3 N–H and O–H groups in total. The van der Waals surface area contributed by atoms with E-state index in [1.54, 1.807) is 24.3 Å². The van der Waals surface area contributed by atoms with Crippen LogP contribution in [0, 0.1) is 11.6 Å². The Balaban J connectivity index is 1.56. The molecule has 9 heteroatoms. The molecule has 1 aromatic carbocycles. The fourth-order valence-electron chi connectivity index (χ4n) is 2.24. The van der Waals surface area contributed by atoms with Crippen LogP contribution in [0.2, 0.25) is 0 Å². The number of halogens is 2. The van der Waals surface area contributed by atoms with Gasteiger partial charge in [0.25, 0.3) is 0 Å². The number of hydrogen-bond acceptors (Lipinski definition) is 5. The van der Waals surface area contributed by atoms with E-state index in [0.717, 1.165) is 18.2 Å². The monoisotopic (exact) mass is 392 g/mol. The molecule has 3 rings (SSSR count). The number of aliphatic hydroxyl groups excluding tert-OH is 1. The van der Waals surface area contributed by atoms with Crippen LogP contribution in [0.25, 0.3) is 0 Å². The molecule has 0 fully saturated rings. The molecule has 2 aromatic heterocycles. The van der Waals surface area contributed by atoms with Crippen molar-refractivity contribution in [1.29, 1.82) is 0 Å². The highest BCUT2D eigenvalue weighted by atomic mass is 32.1. The van der Waals surface area contributed by atoms with Crippen molar-refractivity contribution in [3.05, 3.63) is 75.9 Å². The second-order valence-electron chi connectivity index (χ2n) is 5.48. The molecule has 1 unspecified atom stereocenters. The van der Waals surface area contributed by atoms with Gasteiger partial charge < -0.3 is 20.2 Å². The fourth-order valence-corrected chi connectivity index (χ4v) is 3.19. The van der Waals surface area contributed by atoms with Gasteiger partial charge in [-0.3, -0.25) is 9.59 Å². The molecule has 2 heterocycles. The van der Waals surface area contributed by atoms with Crippen molar-refractivity contribution in [1.82, 2.24) is 5.32 Å². The van der Waals surface area contributed by atoms with Crippen molar-refractivity contribution in [3.63, 3.8) is 0 Å². The first-order chi connectivity index (χ1) is 12.9. The minimum absolute atomic E-state index is 0.0351. The summed E-state index contributed by atoms with van der Waals surface area (Å²) >= 11 is 1.24. The molecular formula is C18H14F2N2O4S. The van der Waals surface area contributed by atoms with E-state index >= 15 is 0 Å². The Labute approximate surface area is 156 Å². The number of aliphatic hydroxyl groups is 1. The molecule has 0 saturated carbocycles. The van der Waals surface area contributed by atoms with Crippen LogP contribution in [-0.4, -0.2) is 16.9 Å². The Morgan fingerprint density at radius 3 is 2.70 bits per heavy atom. The van der Waals surface area contributed by atoms with Gasteiger partial charge in [-0.05, 0) is 36.4 Å². The third kappa shape index (κ3) is 4.57. The molecule has 1 atom stereocenters. The molecule has 0 aliphatic heterocycles. The molecule has 0 bridgehead atoms. The van der Waals surface area contributed by atoms with Gasteiger partial charge in [-0.25, -0.2) is 8.78 Å². The number of nitrogens with one attached hydrogen (secondary N) is 2. The standard InChI is InChI=1S/C18H14F2N2O4S/c19-10-3-5-12(20)13(8-10)22-18(25)17(24)21-9-11-4-6-15(27-11)16(23)14-2-1-7-26-14/h1-8,16,23H,9H2,(H,21,24)(H,22,25). The predicted molar refractivity (Wildman–Crippen MR) is 93.9 cm³/mol. The van der Waals surface area contributed by atoms with Crippen LogP contribution in [0.15, 0.2) is 53.1 Å². The second kappa shape index (κ2) is 8.11. The van der Waals surface area contributed by atoms with Gasteiger partial charge in [-0.15, -0.1) is 11.3 Å².